The Morgan fingerprint density at radius 2 is 1.82 bits per heavy atom. The third kappa shape index (κ3) is 9.37. The molecule has 3 heteroatoms. The van der Waals surface area contributed by atoms with Crippen molar-refractivity contribution in [1.29, 1.82) is 0 Å². The SMILES string of the molecule is [CH2-]CCN(CC)C(C)C.[I-].[Mg+2]. The molecule has 0 unspecified atom stereocenters. The second kappa shape index (κ2) is 11.5. The summed E-state index contributed by atoms with van der Waals surface area (Å²) in [4.78, 5) is 2.41. The number of hydrogen-bond acceptors (Lipinski definition) is 1. The number of nitrogens with zero attached hydrogens (tertiary/aromatic N) is 1. The molecule has 0 atom stereocenters. The van der Waals surface area contributed by atoms with Gasteiger partial charge in [-0.25, -0.2) is 0 Å². The quantitative estimate of drug-likeness (QED) is 0.346. The van der Waals surface area contributed by atoms with Crippen LogP contribution in [-0.2, 0) is 0 Å². The van der Waals surface area contributed by atoms with Crippen LogP contribution in [0.3, 0.4) is 0 Å². The zero-order valence-corrected chi connectivity index (χ0v) is 11.5. The van der Waals surface area contributed by atoms with Crippen molar-refractivity contribution in [2.75, 3.05) is 13.1 Å². The predicted molar refractivity (Wildman–Crippen MR) is 48.1 cm³/mol. The molecule has 1 nitrogen and oxygen atoms in total. The van der Waals surface area contributed by atoms with E-state index in [0.29, 0.717) is 6.04 Å². The minimum atomic E-state index is 0. The molecule has 0 heterocycles. The van der Waals surface area contributed by atoms with Crippen molar-refractivity contribution in [2.45, 2.75) is 33.2 Å². The molecule has 0 fully saturated rings. The van der Waals surface area contributed by atoms with Crippen LogP contribution in [0.1, 0.15) is 27.2 Å². The predicted octanol–water partition coefficient (Wildman–Crippen LogP) is -1.44. The Morgan fingerprint density at radius 1 is 1.36 bits per heavy atom. The average Bonchev–Trinajstić information content (AvgIpc) is 1.82. The molecule has 0 bridgehead atoms. The standard InChI is InChI=1S/C8H18N.HI.Mg/c1-5-7-9(6-2)8(3)4;;/h8H,1,5-7H2,2-4H3;1H;/q-1;;+2/p-1. The van der Waals surface area contributed by atoms with Crippen LogP contribution in [-0.4, -0.2) is 47.1 Å². The Morgan fingerprint density at radius 3 is 1.91 bits per heavy atom. The van der Waals surface area contributed by atoms with Crippen LogP contribution in [0.25, 0.3) is 0 Å². The Bertz CT molecular complexity index is 69.1. The molecule has 0 radical (unpaired) electrons. The monoisotopic (exact) mass is 279 g/mol. The van der Waals surface area contributed by atoms with Gasteiger partial charge in [-0.05, 0) is 26.9 Å². The van der Waals surface area contributed by atoms with Crippen LogP contribution in [0.2, 0.25) is 0 Å². The van der Waals surface area contributed by atoms with E-state index in [-0.39, 0.29) is 47.0 Å². The molecule has 11 heavy (non-hydrogen) atoms. The van der Waals surface area contributed by atoms with Gasteiger partial charge in [0.2, 0.25) is 0 Å². The summed E-state index contributed by atoms with van der Waals surface area (Å²) in [6, 6.07) is 0.678. The molecule has 0 aliphatic carbocycles. The van der Waals surface area contributed by atoms with Crippen LogP contribution in [0, 0.1) is 6.92 Å². The van der Waals surface area contributed by atoms with Crippen molar-refractivity contribution < 1.29 is 24.0 Å². The fraction of sp³-hybridized carbons (Fsp3) is 0.875. The van der Waals surface area contributed by atoms with Crippen LogP contribution < -0.4 is 24.0 Å². The molecule has 0 aliphatic rings. The second-order valence-corrected chi connectivity index (χ2v) is 2.58. The fourth-order valence-corrected chi connectivity index (χ4v) is 0.985. The minimum Gasteiger partial charge on any atom is -1.00 e. The molecule has 64 valence electrons. The third-order valence-electron chi connectivity index (χ3n) is 1.58. The van der Waals surface area contributed by atoms with Crippen molar-refractivity contribution in [2.24, 2.45) is 0 Å². The van der Waals surface area contributed by atoms with Crippen molar-refractivity contribution in [3.63, 3.8) is 0 Å². The average molecular weight is 279 g/mol. The molecule has 0 aromatic carbocycles. The van der Waals surface area contributed by atoms with E-state index in [0.717, 1.165) is 19.5 Å². The normalized spacial score (nSPS) is 9.27. The summed E-state index contributed by atoms with van der Waals surface area (Å²) in [6.07, 6.45) is 1.02. The van der Waals surface area contributed by atoms with E-state index in [4.69, 9.17) is 0 Å². The second-order valence-electron chi connectivity index (χ2n) is 2.58. The van der Waals surface area contributed by atoms with E-state index in [1.807, 2.05) is 0 Å². The van der Waals surface area contributed by atoms with Gasteiger partial charge in [-0.3, -0.25) is 0 Å². The van der Waals surface area contributed by atoms with Crippen molar-refractivity contribution in [3.8, 4) is 0 Å². The molecule has 0 saturated heterocycles. The first-order chi connectivity index (χ1) is 4.22. The molecule has 0 aromatic heterocycles. The van der Waals surface area contributed by atoms with Crippen molar-refractivity contribution in [1.82, 2.24) is 4.90 Å². The molecule has 0 spiro atoms. The third-order valence-corrected chi connectivity index (χ3v) is 1.58. The van der Waals surface area contributed by atoms with Gasteiger partial charge >= 0.3 is 23.1 Å². The van der Waals surface area contributed by atoms with Crippen LogP contribution in [0.4, 0.5) is 0 Å². The van der Waals surface area contributed by atoms with Crippen LogP contribution in [0.15, 0.2) is 0 Å². The summed E-state index contributed by atoms with van der Waals surface area (Å²) in [5.74, 6) is 0. The number of hydrogen-bond donors (Lipinski definition) is 0. The molecule has 0 amide bonds. The largest absolute Gasteiger partial charge is 2.00 e. The molecule has 0 aromatic rings. The summed E-state index contributed by atoms with van der Waals surface area (Å²) >= 11 is 0. The first kappa shape index (κ1) is 18.3. The summed E-state index contributed by atoms with van der Waals surface area (Å²) in [5, 5.41) is 0. The maximum atomic E-state index is 3.81. The van der Waals surface area contributed by atoms with Gasteiger partial charge in [-0.15, -0.1) is 0 Å². The summed E-state index contributed by atoms with van der Waals surface area (Å²) in [5.41, 5.74) is 0. The van der Waals surface area contributed by atoms with Gasteiger partial charge in [0.25, 0.3) is 0 Å². The van der Waals surface area contributed by atoms with Crippen molar-refractivity contribution >= 4 is 23.1 Å². The minimum absolute atomic E-state index is 0. The van der Waals surface area contributed by atoms with Gasteiger partial charge < -0.3 is 35.8 Å². The van der Waals surface area contributed by atoms with E-state index in [1.54, 1.807) is 0 Å². The fourth-order valence-electron chi connectivity index (χ4n) is 0.985. The first-order valence-corrected chi connectivity index (χ1v) is 3.75. The Balaban J connectivity index is -0.000000320. The Hall–Kier alpha value is 1.46. The van der Waals surface area contributed by atoms with E-state index < -0.39 is 0 Å². The molecule has 0 rings (SSSR count). The maximum absolute atomic E-state index is 3.81. The Labute approximate surface area is 104 Å². The van der Waals surface area contributed by atoms with E-state index in [2.05, 4.69) is 32.6 Å². The molecule has 0 N–H and O–H groups in total. The summed E-state index contributed by atoms with van der Waals surface area (Å²) in [7, 11) is 0. The molecule has 0 aliphatic heterocycles. The van der Waals surface area contributed by atoms with Gasteiger partial charge in [-0.1, -0.05) is 6.92 Å². The van der Waals surface area contributed by atoms with Gasteiger partial charge in [-0.2, -0.15) is 6.42 Å². The van der Waals surface area contributed by atoms with Gasteiger partial charge in [0.1, 0.15) is 0 Å². The zero-order valence-electron chi connectivity index (χ0n) is 7.94. The molecule has 0 saturated carbocycles. The topological polar surface area (TPSA) is 3.24 Å². The van der Waals surface area contributed by atoms with E-state index in [1.165, 1.54) is 0 Å². The van der Waals surface area contributed by atoms with Crippen LogP contribution in [0.5, 0.6) is 0 Å². The van der Waals surface area contributed by atoms with E-state index >= 15 is 0 Å². The van der Waals surface area contributed by atoms with Crippen LogP contribution >= 0.6 is 0 Å². The summed E-state index contributed by atoms with van der Waals surface area (Å²) < 4.78 is 0. The van der Waals surface area contributed by atoms with Gasteiger partial charge in [0.05, 0.1) is 0 Å². The van der Waals surface area contributed by atoms with Gasteiger partial charge in [0, 0.05) is 6.04 Å². The van der Waals surface area contributed by atoms with Gasteiger partial charge in [0.15, 0.2) is 0 Å². The smallest absolute Gasteiger partial charge is 1.00 e. The number of halogens is 1. The van der Waals surface area contributed by atoms with Crippen molar-refractivity contribution in [3.05, 3.63) is 6.92 Å². The summed E-state index contributed by atoms with van der Waals surface area (Å²) in [6.45, 7) is 12.7. The molecular weight excluding hydrogens is 261 g/mol. The maximum Gasteiger partial charge on any atom is 2.00 e. The van der Waals surface area contributed by atoms with E-state index in [9.17, 15) is 0 Å². The zero-order chi connectivity index (χ0) is 7.28. The molecular formula is C8H18IMgN. The Kier molecular flexibility index (Phi) is 19.0. The first-order valence-electron chi connectivity index (χ1n) is 3.75. The number of rotatable bonds is 4.